The van der Waals surface area contributed by atoms with Gasteiger partial charge in [0.2, 0.25) is 11.8 Å². The van der Waals surface area contributed by atoms with Gasteiger partial charge in [0.1, 0.15) is 18.6 Å². The molecule has 6 N–H and O–H groups in total. The zero-order valence-corrected chi connectivity index (χ0v) is 16.6. The lowest BCUT2D eigenvalue weighted by atomic mass is 10.1. The SMILES string of the molecule is N[C@@H](CCC(=O)N[C@@H](CSCc1ccccc1[N+](=O)[O-])C(=O)NCC(=O)O)C(=O)O. The van der Waals surface area contributed by atoms with Crippen molar-refractivity contribution in [3.63, 3.8) is 0 Å². The minimum absolute atomic E-state index is 0.00816. The highest BCUT2D eigenvalue weighted by Gasteiger charge is 2.23. The van der Waals surface area contributed by atoms with Gasteiger partial charge in [-0.05, 0) is 6.42 Å². The van der Waals surface area contributed by atoms with Crippen LogP contribution in [0.3, 0.4) is 0 Å². The number of carbonyl (C=O) groups excluding carboxylic acids is 2. The van der Waals surface area contributed by atoms with Gasteiger partial charge in [-0.2, -0.15) is 11.8 Å². The Balaban J connectivity index is 2.72. The number of amides is 2. The molecule has 2 amide bonds. The number of hydrogen-bond acceptors (Lipinski definition) is 8. The predicted octanol–water partition coefficient (Wildman–Crippen LogP) is -0.294. The van der Waals surface area contributed by atoms with Crippen LogP contribution in [-0.2, 0) is 24.9 Å². The number of carbonyl (C=O) groups is 4. The number of carboxylic acids is 2. The van der Waals surface area contributed by atoms with Crippen LogP contribution in [0.1, 0.15) is 18.4 Å². The average Bonchev–Trinajstić information content (AvgIpc) is 2.69. The highest BCUT2D eigenvalue weighted by molar-refractivity contribution is 7.98. The number of aliphatic carboxylic acids is 2. The van der Waals surface area contributed by atoms with Gasteiger partial charge in [0.05, 0.1) is 4.92 Å². The van der Waals surface area contributed by atoms with Crippen LogP contribution in [0.4, 0.5) is 5.69 Å². The summed E-state index contributed by atoms with van der Waals surface area (Å²) in [6.07, 6.45) is -0.390. The Labute approximate surface area is 175 Å². The molecule has 0 saturated carbocycles. The molecule has 0 radical (unpaired) electrons. The molecule has 1 aromatic rings. The van der Waals surface area contributed by atoms with E-state index in [1.807, 2.05) is 0 Å². The van der Waals surface area contributed by atoms with Gasteiger partial charge < -0.3 is 26.6 Å². The van der Waals surface area contributed by atoms with E-state index in [9.17, 15) is 29.3 Å². The number of carboxylic acid groups (broad SMARTS) is 2. The summed E-state index contributed by atoms with van der Waals surface area (Å²) in [5.41, 5.74) is 5.68. The summed E-state index contributed by atoms with van der Waals surface area (Å²) in [5.74, 6) is -3.72. The second-order valence-corrected chi connectivity index (χ2v) is 7.15. The van der Waals surface area contributed by atoms with Crippen LogP contribution in [0.15, 0.2) is 24.3 Å². The molecule has 164 valence electrons. The summed E-state index contributed by atoms with van der Waals surface area (Å²) in [6, 6.07) is 3.72. The maximum absolute atomic E-state index is 12.2. The molecule has 0 aliphatic carbocycles. The molecule has 0 saturated heterocycles. The van der Waals surface area contributed by atoms with Crippen molar-refractivity contribution in [1.82, 2.24) is 10.6 Å². The average molecular weight is 442 g/mol. The Bertz CT molecular complexity index is 804. The normalized spacial score (nSPS) is 12.4. The smallest absolute Gasteiger partial charge is 0.322 e. The van der Waals surface area contributed by atoms with E-state index in [4.69, 9.17) is 15.9 Å². The molecule has 0 aliphatic heterocycles. The number of nitrogens with one attached hydrogen (secondary N) is 2. The van der Waals surface area contributed by atoms with Crippen molar-refractivity contribution >= 4 is 41.2 Å². The molecule has 13 heteroatoms. The Morgan fingerprint density at radius 2 is 1.87 bits per heavy atom. The van der Waals surface area contributed by atoms with Gasteiger partial charge in [-0.25, -0.2) is 0 Å². The van der Waals surface area contributed by atoms with E-state index in [1.165, 1.54) is 12.1 Å². The minimum Gasteiger partial charge on any atom is -0.480 e. The van der Waals surface area contributed by atoms with Crippen LogP contribution < -0.4 is 16.4 Å². The number of nitrogens with two attached hydrogens (primary N) is 1. The van der Waals surface area contributed by atoms with Crippen LogP contribution >= 0.6 is 11.8 Å². The standard InChI is InChI=1S/C17H22N4O8S/c18-11(17(26)27)5-6-14(22)20-12(16(25)19-7-15(23)24)9-30-8-10-3-1-2-4-13(10)21(28)29/h1-4,11-12H,5-9,18H2,(H,19,25)(H,20,22)(H,23,24)(H,26,27)/t11-,12-/m0/s1. The summed E-state index contributed by atoms with van der Waals surface area (Å²) in [4.78, 5) is 56.2. The van der Waals surface area contributed by atoms with Crippen LogP contribution in [0, 0.1) is 10.1 Å². The number of thioether (sulfide) groups is 1. The third kappa shape index (κ3) is 8.87. The first-order valence-electron chi connectivity index (χ1n) is 8.69. The number of rotatable bonds is 13. The molecule has 0 heterocycles. The van der Waals surface area contributed by atoms with E-state index >= 15 is 0 Å². The first kappa shape index (κ1) is 24.8. The second-order valence-electron chi connectivity index (χ2n) is 6.12. The number of nitro groups is 1. The number of para-hydroxylation sites is 1. The van der Waals surface area contributed by atoms with Gasteiger partial charge in [0, 0.05) is 29.6 Å². The number of benzene rings is 1. The highest BCUT2D eigenvalue weighted by Crippen LogP contribution is 2.23. The summed E-state index contributed by atoms with van der Waals surface area (Å²) in [5, 5.41) is 33.1. The van der Waals surface area contributed by atoms with Gasteiger partial charge in [0.15, 0.2) is 0 Å². The van der Waals surface area contributed by atoms with Crippen molar-refractivity contribution in [2.75, 3.05) is 12.3 Å². The minimum atomic E-state index is -1.27. The van der Waals surface area contributed by atoms with Gasteiger partial charge in [-0.1, -0.05) is 18.2 Å². The molecule has 1 aromatic carbocycles. The molecule has 0 aromatic heterocycles. The maximum Gasteiger partial charge on any atom is 0.322 e. The van der Waals surface area contributed by atoms with Crippen molar-refractivity contribution in [3.8, 4) is 0 Å². The molecular formula is C17H22N4O8S. The third-order valence-corrected chi connectivity index (χ3v) is 4.88. The molecule has 30 heavy (non-hydrogen) atoms. The predicted molar refractivity (Wildman–Crippen MR) is 107 cm³/mol. The van der Waals surface area contributed by atoms with E-state index in [0.29, 0.717) is 5.56 Å². The van der Waals surface area contributed by atoms with E-state index in [2.05, 4.69) is 10.6 Å². The quantitative estimate of drug-likeness (QED) is 0.199. The third-order valence-electron chi connectivity index (χ3n) is 3.80. The Hall–Kier alpha value is -3.19. The van der Waals surface area contributed by atoms with Crippen molar-refractivity contribution in [2.45, 2.75) is 30.7 Å². The largest absolute Gasteiger partial charge is 0.480 e. The molecule has 0 aliphatic rings. The van der Waals surface area contributed by atoms with Crippen molar-refractivity contribution in [1.29, 1.82) is 0 Å². The van der Waals surface area contributed by atoms with Crippen molar-refractivity contribution < 1.29 is 34.3 Å². The summed E-state index contributed by atoms with van der Waals surface area (Å²) in [7, 11) is 0. The monoisotopic (exact) mass is 442 g/mol. The lowest BCUT2D eigenvalue weighted by Crippen LogP contribution is -2.49. The fourth-order valence-electron chi connectivity index (χ4n) is 2.24. The number of nitro benzene ring substituents is 1. The highest BCUT2D eigenvalue weighted by atomic mass is 32.2. The van der Waals surface area contributed by atoms with E-state index in [0.717, 1.165) is 11.8 Å². The molecule has 12 nitrogen and oxygen atoms in total. The molecular weight excluding hydrogens is 420 g/mol. The van der Waals surface area contributed by atoms with Gasteiger partial charge in [-0.3, -0.25) is 29.3 Å². The molecule has 1 rings (SSSR count). The van der Waals surface area contributed by atoms with Gasteiger partial charge >= 0.3 is 11.9 Å². The Morgan fingerprint density at radius 3 is 2.47 bits per heavy atom. The Kier molecular flexibility index (Phi) is 10.3. The van der Waals surface area contributed by atoms with Gasteiger partial charge in [0.25, 0.3) is 5.69 Å². The second kappa shape index (κ2) is 12.4. The zero-order valence-electron chi connectivity index (χ0n) is 15.8. The molecule has 0 spiro atoms. The van der Waals surface area contributed by atoms with Crippen molar-refractivity contribution in [2.24, 2.45) is 5.73 Å². The molecule has 0 bridgehead atoms. The van der Waals surface area contributed by atoms with E-state index in [-0.39, 0.29) is 30.0 Å². The molecule has 0 fully saturated rings. The van der Waals surface area contributed by atoms with E-state index in [1.54, 1.807) is 12.1 Å². The number of nitrogens with zero attached hydrogens (tertiary/aromatic N) is 1. The summed E-state index contributed by atoms with van der Waals surface area (Å²) < 4.78 is 0. The first-order chi connectivity index (χ1) is 14.1. The fraction of sp³-hybridized carbons (Fsp3) is 0.412. The summed E-state index contributed by atoms with van der Waals surface area (Å²) >= 11 is 1.13. The molecule has 2 atom stereocenters. The lowest BCUT2D eigenvalue weighted by Gasteiger charge is -2.18. The molecule has 0 unspecified atom stereocenters. The topological polar surface area (TPSA) is 202 Å². The lowest BCUT2D eigenvalue weighted by molar-refractivity contribution is -0.385. The maximum atomic E-state index is 12.2. The van der Waals surface area contributed by atoms with Crippen LogP contribution in [0.25, 0.3) is 0 Å². The van der Waals surface area contributed by atoms with Crippen LogP contribution in [-0.4, -0.2) is 63.3 Å². The van der Waals surface area contributed by atoms with Gasteiger partial charge in [-0.15, -0.1) is 0 Å². The Morgan fingerprint density at radius 1 is 1.20 bits per heavy atom. The van der Waals surface area contributed by atoms with Crippen molar-refractivity contribution in [3.05, 3.63) is 39.9 Å². The van der Waals surface area contributed by atoms with Crippen LogP contribution in [0.2, 0.25) is 0 Å². The fourth-order valence-corrected chi connectivity index (χ4v) is 3.30. The van der Waals surface area contributed by atoms with E-state index < -0.39 is 47.3 Å². The zero-order chi connectivity index (χ0) is 22.7. The summed E-state index contributed by atoms with van der Waals surface area (Å²) in [6.45, 7) is -0.649. The number of hydrogen-bond donors (Lipinski definition) is 5. The first-order valence-corrected chi connectivity index (χ1v) is 9.84. The van der Waals surface area contributed by atoms with Crippen LogP contribution in [0.5, 0.6) is 0 Å².